The third kappa shape index (κ3) is 1.79. The van der Waals surface area contributed by atoms with Gasteiger partial charge in [-0.05, 0) is 48.6 Å². The Bertz CT molecular complexity index is 547. The summed E-state index contributed by atoms with van der Waals surface area (Å²) in [7, 11) is 0. The van der Waals surface area contributed by atoms with E-state index in [0.29, 0.717) is 5.75 Å². The van der Waals surface area contributed by atoms with Crippen LogP contribution in [0.2, 0.25) is 0 Å². The molecule has 2 aromatic carbocycles. The van der Waals surface area contributed by atoms with Gasteiger partial charge in [0.1, 0.15) is 5.75 Å². The number of halogens is 2. The Hall–Kier alpha value is -0.540. The summed E-state index contributed by atoms with van der Waals surface area (Å²) in [6.07, 6.45) is 0. The Balaban J connectivity index is 2.99. The van der Waals surface area contributed by atoms with E-state index in [4.69, 9.17) is 0 Å². The van der Waals surface area contributed by atoms with E-state index in [1.807, 2.05) is 26.0 Å². The molecule has 0 aliphatic heterocycles. The SMILES string of the molecule is Cc1cc2cc(Br)cc(Br)c2c(C)c1O. The molecule has 1 N–H and O–H groups in total. The average molecular weight is 330 g/mol. The van der Waals surface area contributed by atoms with Crippen molar-refractivity contribution in [2.45, 2.75) is 13.8 Å². The summed E-state index contributed by atoms with van der Waals surface area (Å²) >= 11 is 6.97. The van der Waals surface area contributed by atoms with Crippen molar-refractivity contribution in [3.8, 4) is 5.75 Å². The standard InChI is InChI=1S/C12H10Br2O/c1-6-3-8-4-9(13)5-10(14)11(8)7(2)12(6)15/h3-5,15H,1-2H3. The number of phenolic OH excluding ortho intramolecular Hbond substituents is 1. The van der Waals surface area contributed by atoms with Crippen LogP contribution < -0.4 is 0 Å². The van der Waals surface area contributed by atoms with E-state index < -0.39 is 0 Å². The fraction of sp³-hybridized carbons (Fsp3) is 0.167. The van der Waals surface area contributed by atoms with E-state index in [1.165, 1.54) is 0 Å². The lowest BCUT2D eigenvalue weighted by atomic mass is 10.0. The molecular weight excluding hydrogens is 320 g/mol. The van der Waals surface area contributed by atoms with Gasteiger partial charge in [-0.3, -0.25) is 0 Å². The van der Waals surface area contributed by atoms with Gasteiger partial charge < -0.3 is 5.11 Å². The van der Waals surface area contributed by atoms with Gasteiger partial charge in [0, 0.05) is 14.3 Å². The molecule has 0 aliphatic carbocycles. The zero-order valence-electron chi connectivity index (χ0n) is 8.44. The summed E-state index contributed by atoms with van der Waals surface area (Å²) in [4.78, 5) is 0. The molecule has 0 amide bonds. The van der Waals surface area contributed by atoms with E-state index in [1.54, 1.807) is 0 Å². The molecule has 0 spiro atoms. The molecule has 0 saturated heterocycles. The summed E-state index contributed by atoms with van der Waals surface area (Å²) in [5.74, 6) is 0.380. The summed E-state index contributed by atoms with van der Waals surface area (Å²) in [6.45, 7) is 3.85. The molecule has 0 heterocycles. The zero-order chi connectivity index (χ0) is 11.2. The van der Waals surface area contributed by atoms with Crippen LogP contribution in [0.1, 0.15) is 11.1 Å². The molecule has 0 radical (unpaired) electrons. The maximum atomic E-state index is 9.87. The highest BCUT2D eigenvalue weighted by Gasteiger charge is 2.09. The fourth-order valence-corrected chi connectivity index (χ4v) is 3.37. The predicted molar refractivity (Wildman–Crippen MR) is 70.5 cm³/mol. The van der Waals surface area contributed by atoms with E-state index in [2.05, 4.69) is 37.9 Å². The molecule has 0 atom stereocenters. The van der Waals surface area contributed by atoms with E-state index in [9.17, 15) is 5.11 Å². The normalized spacial score (nSPS) is 10.9. The monoisotopic (exact) mass is 328 g/mol. The van der Waals surface area contributed by atoms with Crippen LogP contribution in [0, 0.1) is 13.8 Å². The second-order valence-corrected chi connectivity index (χ2v) is 5.42. The summed E-state index contributed by atoms with van der Waals surface area (Å²) in [5, 5.41) is 12.1. The van der Waals surface area contributed by atoms with Crippen molar-refractivity contribution in [2.75, 3.05) is 0 Å². The zero-order valence-corrected chi connectivity index (χ0v) is 11.6. The molecule has 2 aromatic rings. The molecule has 1 nitrogen and oxygen atoms in total. The number of rotatable bonds is 0. The molecule has 3 heteroatoms. The van der Waals surface area contributed by atoms with Gasteiger partial charge in [-0.1, -0.05) is 31.9 Å². The van der Waals surface area contributed by atoms with Crippen LogP contribution in [0.15, 0.2) is 27.1 Å². The van der Waals surface area contributed by atoms with Gasteiger partial charge in [0.05, 0.1) is 0 Å². The van der Waals surface area contributed by atoms with Crippen molar-refractivity contribution in [1.82, 2.24) is 0 Å². The molecule has 15 heavy (non-hydrogen) atoms. The first-order chi connectivity index (χ1) is 7.00. The van der Waals surface area contributed by atoms with Gasteiger partial charge in [0.25, 0.3) is 0 Å². The van der Waals surface area contributed by atoms with Gasteiger partial charge in [0.15, 0.2) is 0 Å². The summed E-state index contributed by atoms with van der Waals surface area (Å²) < 4.78 is 2.03. The third-order valence-corrected chi connectivity index (χ3v) is 3.64. The van der Waals surface area contributed by atoms with Gasteiger partial charge >= 0.3 is 0 Å². The maximum absolute atomic E-state index is 9.87. The molecule has 0 saturated carbocycles. The van der Waals surface area contributed by atoms with Crippen LogP contribution in [0.4, 0.5) is 0 Å². The van der Waals surface area contributed by atoms with Crippen molar-refractivity contribution in [3.05, 3.63) is 38.3 Å². The van der Waals surface area contributed by atoms with E-state index in [0.717, 1.165) is 30.8 Å². The molecule has 0 bridgehead atoms. The Morgan fingerprint density at radius 3 is 2.40 bits per heavy atom. The summed E-state index contributed by atoms with van der Waals surface area (Å²) in [6, 6.07) is 6.04. The van der Waals surface area contributed by atoms with Crippen molar-refractivity contribution < 1.29 is 5.11 Å². The van der Waals surface area contributed by atoms with Crippen molar-refractivity contribution in [1.29, 1.82) is 0 Å². The highest BCUT2D eigenvalue weighted by molar-refractivity contribution is 9.11. The molecule has 0 unspecified atom stereocenters. The Morgan fingerprint density at radius 2 is 1.73 bits per heavy atom. The molecule has 0 aliphatic rings. The minimum absolute atomic E-state index is 0.380. The summed E-state index contributed by atoms with van der Waals surface area (Å²) in [5.41, 5.74) is 1.83. The second kappa shape index (κ2) is 3.80. The third-order valence-electron chi connectivity index (χ3n) is 2.56. The van der Waals surface area contributed by atoms with Crippen LogP contribution in [0.3, 0.4) is 0 Å². The number of aryl methyl sites for hydroxylation is 2. The topological polar surface area (TPSA) is 20.2 Å². The Morgan fingerprint density at radius 1 is 1.07 bits per heavy atom. The highest BCUT2D eigenvalue weighted by atomic mass is 79.9. The molecular formula is C12H10Br2O. The van der Waals surface area contributed by atoms with Crippen LogP contribution in [-0.2, 0) is 0 Å². The van der Waals surface area contributed by atoms with Crippen LogP contribution >= 0.6 is 31.9 Å². The lowest BCUT2D eigenvalue weighted by molar-refractivity contribution is 0.468. The van der Waals surface area contributed by atoms with Crippen molar-refractivity contribution >= 4 is 42.6 Å². The smallest absolute Gasteiger partial charge is 0.122 e. The first-order valence-corrected chi connectivity index (χ1v) is 6.17. The Kier molecular flexibility index (Phi) is 2.77. The lowest BCUT2D eigenvalue weighted by Gasteiger charge is -2.10. The number of hydrogen-bond acceptors (Lipinski definition) is 1. The highest BCUT2D eigenvalue weighted by Crippen LogP contribution is 2.36. The van der Waals surface area contributed by atoms with Gasteiger partial charge in [0.2, 0.25) is 0 Å². The maximum Gasteiger partial charge on any atom is 0.122 e. The van der Waals surface area contributed by atoms with Crippen LogP contribution in [0.5, 0.6) is 5.75 Å². The minimum atomic E-state index is 0.380. The number of hydrogen-bond donors (Lipinski definition) is 1. The van der Waals surface area contributed by atoms with Crippen molar-refractivity contribution in [2.24, 2.45) is 0 Å². The largest absolute Gasteiger partial charge is 0.507 e. The van der Waals surface area contributed by atoms with Crippen molar-refractivity contribution in [3.63, 3.8) is 0 Å². The average Bonchev–Trinajstić information content (AvgIpc) is 2.13. The second-order valence-electron chi connectivity index (χ2n) is 3.65. The minimum Gasteiger partial charge on any atom is -0.507 e. The van der Waals surface area contributed by atoms with Gasteiger partial charge in [-0.15, -0.1) is 0 Å². The number of benzene rings is 2. The van der Waals surface area contributed by atoms with E-state index in [-0.39, 0.29) is 0 Å². The molecule has 78 valence electrons. The van der Waals surface area contributed by atoms with Crippen LogP contribution in [-0.4, -0.2) is 5.11 Å². The number of aromatic hydroxyl groups is 1. The first-order valence-electron chi connectivity index (χ1n) is 4.58. The molecule has 0 aromatic heterocycles. The van der Waals surface area contributed by atoms with Gasteiger partial charge in [-0.25, -0.2) is 0 Å². The van der Waals surface area contributed by atoms with Gasteiger partial charge in [-0.2, -0.15) is 0 Å². The molecule has 2 rings (SSSR count). The number of fused-ring (bicyclic) bond motifs is 1. The van der Waals surface area contributed by atoms with E-state index >= 15 is 0 Å². The fourth-order valence-electron chi connectivity index (χ4n) is 1.82. The lowest BCUT2D eigenvalue weighted by Crippen LogP contribution is -1.86. The predicted octanol–water partition coefficient (Wildman–Crippen LogP) is 4.69. The molecule has 0 fully saturated rings. The number of phenols is 1. The van der Waals surface area contributed by atoms with Crippen LogP contribution in [0.25, 0.3) is 10.8 Å². The first kappa shape index (κ1) is 11.0. The Labute approximate surface area is 105 Å². The quantitative estimate of drug-likeness (QED) is 0.743.